The van der Waals surface area contributed by atoms with Crippen LogP contribution in [0.15, 0.2) is 18.2 Å². The van der Waals surface area contributed by atoms with E-state index in [1.54, 1.807) is 0 Å². The minimum atomic E-state index is -4.85. The first-order valence-electron chi connectivity index (χ1n) is 7.74. The van der Waals surface area contributed by atoms with E-state index in [1.165, 1.54) is 41.5 Å². The van der Waals surface area contributed by atoms with Gasteiger partial charge < -0.3 is 15.2 Å². The highest BCUT2D eigenvalue weighted by molar-refractivity contribution is 6.10. The summed E-state index contributed by atoms with van der Waals surface area (Å²) in [6, 6.07) is 2.70. The number of halogens is 3. The van der Waals surface area contributed by atoms with E-state index in [9.17, 15) is 22.8 Å². The monoisotopic (exact) mass is 376 g/mol. The van der Waals surface area contributed by atoms with Crippen LogP contribution in [0.3, 0.4) is 0 Å². The number of nitrogen functional groups attached to an aromatic ring is 1. The number of nitrogens with zero attached hydrogens (tertiary/aromatic N) is 1. The fourth-order valence-electron chi connectivity index (χ4n) is 1.86. The van der Waals surface area contributed by atoms with Crippen molar-refractivity contribution >= 4 is 23.6 Å². The fourth-order valence-corrected chi connectivity index (χ4v) is 1.86. The fraction of sp³-hybridized carbons (Fsp3) is 0.529. The summed E-state index contributed by atoms with van der Waals surface area (Å²) in [6.07, 6.45) is -7.43. The zero-order valence-corrected chi connectivity index (χ0v) is 15.5. The van der Waals surface area contributed by atoms with Crippen molar-refractivity contribution in [3.8, 4) is 0 Å². The number of hydrogen-bond acceptors (Lipinski definition) is 5. The van der Waals surface area contributed by atoms with E-state index in [4.69, 9.17) is 15.2 Å². The molecule has 0 saturated carbocycles. The summed E-state index contributed by atoms with van der Waals surface area (Å²) in [6.45, 7) is 9.12. The van der Waals surface area contributed by atoms with Crippen molar-refractivity contribution in [1.29, 1.82) is 0 Å². The summed E-state index contributed by atoms with van der Waals surface area (Å²) in [5.41, 5.74) is 1.20. The van der Waals surface area contributed by atoms with Crippen LogP contribution in [0, 0.1) is 0 Å². The maximum atomic E-state index is 13.4. The molecule has 2 N–H and O–H groups in total. The number of amides is 2. The lowest BCUT2D eigenvalue weighted by atomic mass is 10.1. The van der Waals surface area contributed by atoms with E-state index >= 15 is 0 Å². The first-order chi connectivity index (χ1) is 11.5. The molecule has 1 aromatic carbocycles. The van der Waals surface area contributed by atoms with Gasteiger partial charge in [-0.25, -0.2) is 9.59 Å². The Balaban J connectivity index is 3.51. The Kier molecular flexibility index (Phi) is 5.85. The Bertz CT molecular complexity index is 661. The second-order valence-corrected chi connectivity index (χ2v) is 7.57. The van der Waals surface area contributed by atoms with Gasteiger partial charge in [0.1, 0.15) is 11.2 Å². The predicted molar refractivity (Wildman–Crippen MR) is 90.8 cm³/mol. The molecule has 9 heteroatoms. The van der Waals surface area contributed by atoms with Gasteiger partial charge in [0.15, 0.2) is 0 Å². The Morgan fingerprint density at radius 1 is 0.923 bits per heavy atom. The summed E-state index contributed by atoms with van der Waals surface area (Å²) >= 11 is 0. The number of ether oxygens (including phenoxy) is 2. The van der Waals surface area contributed by atoms with Gasteiger partial charge in [-0.15, -0.1) is 0 Å². The lowest BCUT2D eigenvalue weighted by molar-refractivity contribution is -0.137. The Morgan fingerprint density at radius 3 is 1.69 bits per heavy atom. The van der Waals surface area contributed by atoms with Crippen molar-refractivity contribution in [3.63, 3.8) is 0 Å². The molecule has 0 saturated heterocycles. The molecule has 0 aliphatic rings. The van der Waals surface area contributed by atoms with Crippen LogP contribution in [-0.2, 0) is 15.7 Å². The number of imide groups is 1. The van der Waals surface area contributed by atoms with Gasteiger partial charge in [0.2, 0.25) is 0 Å². The van der Waals surface area contributed by atoms with Crippen LogP contribution in [0.2, 0.25) is 0 Å². The molecule has 0 heterocycles. The van der Waals surface area contributed by atoms with Gasteiger partial charge in [0, 0.05) is 5.69 Å². The molecule has 1 rings (SSSR count). The standard InChI is InChI=1S/C17H23F3N2O4/c1-15(2,3)25-13(23)22(14(24)26-16(4,5)6)12-8-7-10(21)9-11(12)17(18,19)20/h7-9H,21H2,1-6H3. The maximum absolute atomic E-state index is 13.4. The number of alkyl halides is 3. The average Bonchev–Trinajstić information content (AvgIpc) is 2.35. The van der Waals surface area contributed by atoms with E-state index in [2.05, 4.69) is 0 Å². The number of rotatable bonds is 1. The lowest BCUT2D eigenvalue weighted by Crippen LogP contribution is -2.44. The van der Waals surface area contributed by atoms with Gasteiger partial charge in [0.05, 0.1) is 11.3 Å². The van der Waals surface area contributed by atoms with Gasteiger partial charge in [-0.3, -0.25) is 0 Å². The van der Waals surface area contributed by atoms with E-state index < -0.39 is 40.8 Å². The van der Waals surface area contributed by atoms with Gasteiger partial charge in [-0.05, 0) is 59.7 Å². The number of hydrogen-bond donors (Lipinski definition) is 1. The number of carbonyl (C=O) groups excluding carboxylic acids is 2. The number of carbonyl (C=O) groups is 2. The van der Waals surface area contributed by atoms with Crippen LogP contribution in [0.4, 0.5) is 34.1 Å². The molecular formula is C17H23F3N2O4. The molecule has 0 bridgehead atoms. The van der Waals surface area contributed by atoms with Crippen molar-refractivity contribution in [2.45, 2.75) is 58.9 Å². The minimum absolute atomic E-state index is 0.172. The first kappa shape index (κ1) is 21.6. The van der Waals surface area contributed by atoms with Gasteiger partial charge in [-0.1, -0.05) is 0 Å². The third-order valence-electron chi connectivity index (χ3n) is 2.72. The maximum Gasteiger partial charge on any atom is 0.424 e. The van der Waals surface area contributed by atoms with E-state index in [-0.39, 0.29) is 10.6 Å². The number of benzene rings is 1. The third-order valence-corrected chi connectivity index (χ3v) is 2.72. The van der Waals surface area contributed by atoms with Gasteiger partial charge >= 0.3 is 18.4 Å². The molecule has 0 aliphatic heterocycles. The molecule has 0 aliphatic carbocycles. The quantitative estimate of drug-likeness (QED) is 0.700. The Hall–Kier alpha value is -2.45. The van der Waals surface area contributed by atoms with Crippen molar-refractivity contribution in [2.75, 3.05) is 10.6 Å². The van der Waals surface area contributed by atoms with Gasteiger partial charge in [-0.2, -0.15) is 18.1 Å². The molecule has 146 valence electrons. The van der Waals surface area contributed by atoms with E-state index in [0.29, 0.717) is 6.07 Å². The number of anilines is 2. The largest absolute Gasteiger partial charge is 0.443 e. The van der Waals surface area contributed by atoms with Gasteiger partial charge in [0.25, 0.3) is 0 Å². The van der Waals surface area contributed by atoms with E-state index in [0.717, 1.165) is 12.1 Å². The Morgan fingerprint density at radius 2 is 1.35 bits per heavy atom. The molecular weight excluding hydrogens is 353 g/mol. The second kappa shape index (κ2) is 7.05. The van der Waals surface area contributed by atoms with Crippen molar-refractivity contribution < 1.29 is 32.2 Å². The zero-order chi connectivity index (χ0) is 20.5. The lowest BCUT2D eigenvalue weighted by Gasteiger charge is -2.30. The summed E-state index contributed by atoms with van der Waals surface area (Å²) in [5, 5.41) is 0. The minimum Gasteiger partial charge on any atom is -0.443 e. The predicted octanol–water partition coefficient (Wildman–Crippen LogP) is 4.96. The average molecular weight is 376 g/mol. The summed E-state index contributed by atoms with van der Waals surface area (Å²) in [7, 11) is 0. The van der Waals surface area contributed by atoms with Crippen LogP contribution >= 0.6 is 0 Å². The van der Waals surface area contributed by atoms with Crippen molar-refractivity contribution in [3.05, 3.63) is 23.8 Å². The Labute approximate surface area is 150 Å². The van der Waals surface area contributed by atoms with Crippen LogP contribution in [0.25, 0.3) is 0 Å². The summed E-state index contributed by atoms with van der Waals surface area (Å²) in [4.78, 5) is 25.1. The number of nitrogens with two attached hydrogens (primary N) is 1. The molecule has 0 spiro atoms. The normalized spacial score (nSPS) is 12.5. The smallest absolute Gasteiger partial charge is 0.424 e. The van der Waals surface area contributed by atoms with Crippen molar-refractivity contribution in [1.82, 2.24) is 0 Å². The molecule has 0 atom stereocenters. The highest BCUT2D eigenvalue weighted by Crippen LogP contribution is 2.38. The topological polar surface area (TPSA) is 81.9 Å². The molecule has 26 heavy (non-hydrogen) atoms. The van der Waals surface area contributed by atoms with Crippen LogP contribution in [0.1, 0.15) is 47.1 Å². The molecule has 0 unspecified atom stereocenters. The second-order valence-electron chi connectivity index (χ2n) is 7.57. The van der Waals surface area contributed by atoms with Crippen LogP contribution in [0.5, 0.6) is 0 Å². The zero-order valence-electron chi connectivity index (χ0n) is 15.5. The van der Waals surface area contributed by atoms with Crippen LogP contribution < -0.4 is 10.6 Å². The first-order valence-corrected chi connectivity index (χ1v) is 7.74. The molecule has 1 aromatic rings. The van der Waals surface area contributed by atoms with E-state index in [1.807, 2.05) is 0 Å². The summed E-state index contributed by atoms with van der Waals surface area (Å²) < 4.78 is 50.4. The third kappa shape index (κ3) is 6.12. The SMILES string of the molecule is CC(C)(C)OC(=O)N(C(=O)OC(C)(C)C)c1ccc(N)cc1C(F)(F)F. The molecule has 0 radical (unpaired) electrons. The highest BCUT2D eigenvalue weighted by atomic mass is 19.4. The highest BCUT2D eigenvalue weighted by Gasteiger charge is 2.41. The summed E-state index contributed by atoms with van der Waals surface area (Å²) in [5.74, 6) is 0. The molecule has 2 amide bonds. The molecule has 0 fully saturated rings. The molecule has 6 nitrogen and oxygen atoms in total. The van der Waals surface area contributed by atoms with Crippen LogP contribution in [-0.4, -0.2) is 23.4 Å². The molecule has 0 aromatic heterocycles. The van der Waals surface area contributed by atoms with Crippen molar-refractivity contribution in [2.24, 2.45) is 0 Å².